The molecule has 2 aromatic rings. The summed E-state index contributed by atoms with van der Waals surface area (Å²) in [5.74, 6) is 1.58. The molecule has 0 radical (unpaired) electrons. The predicted octanol–water partition coefficient (Wildman–Crippen LogP) is 5.52. The maximum Gasteiger partial charge on any atom is 0.0406 e. The highest BCUT2D eigenvalue weighted by Gasteiger charge is 2.27. The van der Waals surface area contributed by atoms with Crippen LogP contribution >= 0.6 is 23.5 Å². The van der Waals surface area contributed by atoms with Gasteiger partial charge in [0.25, 0.3) is 0 Å². The van der Waals surface area contributed by atoms with E-state index in [9.17, 15) is 0 Å². The van der Waals surface area contributed by atoms with E-state index >= 15 is 0 Å². The minimum absolute atomic E-state index is 0.232. The first-order chi connectivity index (χ1) is 13.2. The minimum atomic E-state index is 0.232. The molecule has 3 rings (SSSR count). The molecular weight excluding hydrogens is 372 g/mol. The van der Waals surface area contributed by atoms with E-state index in [4.69, 9.17) is 17.3 Å². The molecule has 0 bridgehead atoms. The lowest BCUT2D eigenvalue weighted by Gasteiger charge is -2.32. The van der Waals surface area contributed by atoms with Gasteiger partial charge in [-0.3, -0.25) is 4.72 Å². The van der Waals surface area contributed by atoms with Crippen LogP contribution in [0.2, 0.25) is 5.02 Å². The molecule has 0 fully saturated rings. The molecule has 3 N–H and O–H groups in total. The smallest absolute Gasteiger partial charge is 0.0406 e. The van der Waals surface area contributed by atoms with Crippen LogP contribution in [0.4, 0.5) is 0 Å². The summed E-state index contributed by atoms with van der Waals surface area (Å²) in [6.07, 6.45) is 6.67. The summed E-state index contributed by atoms with van der Waals surface area (Å²) in [4.78, 5) is 0. The highest BCUT2D eigenvalue weighted by molar-refractivity contribution is 7.97. The van der Waals surface area contributed by atoms with Gasteiger partial charge in [0, 0.05) is 29.3 Å². The van der Waals surface area contributed by atoms with Gasteiger partial charge < -0.3 is 5.73 Å². The first kappa shape index (κ1) is 20.7. The normalized spacial score (nSPS) is 19.1. The van der Waals surface area contributed by atoms with Gasteiger partial charge in [0.15, 0.2) is 0 Å². The fourth-order valence-electron chi connectivity index (χ4n) is 3.87. The van der Waals surface area contributed by atoms with E-state index in [0.29, 0.717) is 5.92 Å². The van der Waals surface area contributed by atoms with Crippen molar-refractivity contribution in [3.63, 3.8) is 0 Å². The lowest BCUT2D eigenvalue weighted by atomic mass is 9.76. The first-order valence-electron chi connectivity index (χ1n) is 10.1. The number of nitrogens with one attached hydrogen (secondary N) is 1. The monoisotopic (exact) mass is 402 g/mol. The molecule has 0 heterocycles. The van der Waals surface area contributed by atoms with Gasteiger partial charge in [-0.2, -0.15) is 0 Å². The van der Waals surface area contributed by atoms with Gasteiger partial charge in [-0.05, 0) is 72.9 Å². The molecule has 2 atom stereocenters. The number of rotatable bonds is 9. The van der Waals surface area contributed by atoms with E-state index in [2.05, 4.69) is 42.0 Å². The Bertz CT molecular complexity index is 717. The zero-order valence-corrected chi connectivity index (χ0v) is 17.8. The van der Waals surface area contributed by atoms with Crippen molar-refractivity contribution >= 4 is 23.5 Å². The molecule has 146 valence electrons. The average molecular weight is 403 g/mol. The maximum atomic E-state index is 6.55. The Hall–Kier alpha value is -1.00. The summed E-state index contributed by atoms with van der Waals surface area (Å²) >= 11 is 7.88. The van der Waals surface area contributed by atoms with Crippen LogP contribution in [0.3, 0.4) is 0 Å². The largest absolute Gasteiger partial charge is 0.327 e. The number of aryl methyl sites for hydroxylation is 2. The Morgan fingerprint density at radius 2 is 1.93 bits per heavy atom. The van der Waals surface area contributed by atoms with Crippen LogP contribution in [-0.2, 0) is 19.3 Å². The number of fused-ring (bicyclic) bond motifs is 1. The number of benzene rings is 2. The minimum Gasteiger partial charge on any atom is -0.327 e. The fourth-order valence-corrected chi connectivity index (χ4v) is 4.64. The van der Waals surface area contributed by atoms with E-state index in [1.54, 1.807) is 0 Å². The predicted molar refractivity (Wildman–Crippen MR) is 120 cm³/mol. The van der Waals surface area contributed by atoms with Crippen molar-refractivity contribution < 1.29 is 0 Å². The molecule has 0 aromatic heterocycles. The van der Waals surface area contributed by atoms with Gasteiger partial charge in [-0.25, -0.2) is 0 Å². The Morgan fingerprint density at radius 3 is 2.70 bits per heavy atom. The Balaban J connectivity index is 1.66. The van der Waals surface area contributed by atoms with E-state index in [-0.39, 0.29) is 6.04 Å². The number of hydrogen-bond donors (Lipinski definition) is 2. The van der Waals surface area contributed by atoms with Gasteiger partial charge in [-0.15, -0.1) is 0 Å². The van der Waals surface area contributed by atoms with Crippen molar-refractivity contribution in [1.29, 1.82) is 0 Å². The van der Waals surface area contributed by atoms with E-state index in [1.165, 1.54) is 40.8 Å². The van der Waals surface area contributed by atoms with Crippen molar-refractivity contribution in [2.45, 2.75) is 57.4 Å². The number of halogens is 1. The number of hydrogen-bond acceptors (Lipinski definition) is 3. The summed E-state index contributed by atoms with van der Waals surface area (Å²) in [7, 11) is 0. The van der Waals surface area contributed by atoms with Crippen LogP contribution in [-0.4, -0.2) is 18.3 Å². The van der Waals surface area contributed by atoms with Gasteiger partial charge in [0.2, 0.25) is 0 Å². The summed E-state index contributed by atoms with van der Waals surface area (Å²) in [6.45, 7) is 3.28. The zero-order chi connectivity index (χ0) is 19.1. The van der Waals surface area contributed by atoms with E-state index in [1.807, 2.05) is 24.1 Å². The SMILES string of the molecule is CCCSNCCCc1ccc2c(c1)C(Cc1ccc(Cl)cc1)C(N)CC2. The standard InChI is InChI=1S/C23H31ClN2S/c1-2-14-27-26-13-3-4-17-5-8-19-9-12-23(25)22(21(19)15-17)16-18-6-10-20(24)11-7-18/h5-8,10-11,15,22-23,26H,2-4,9,12-14,16,25H2,1H3. The Morgan fingerprint density at radius 1 is 1.15 bits per heavy atom. The van der Waals surface area contributed by atoms with Crippen LogP contribution < -0.4 is 10.5 Å². The van der Waals surface area contributed by atoms with Gasteiger partial charge >= 0.3 is 0 Å². The summed E-state index contributed by atoms with van der Waals surface area (Å²) in [5, 5.41) is 0.792. The van der Waals surface area contributed by atoms with Gasteiger partial charge in [-0.1, -0.05) is 60.8 Å². The molecule has 4 heteroatoms. The van der Waals surface area contributed by atoms with Crippen LogP contribution in [0.1, 0.15) is 54.4 Å². The molecular formula is C23H31ClN2S. The highest BCUT2D eigenvalue weighted by Crippen LogP contribution is 2.34. The summed E-state index contributed by atoms with van der Waals surface area (Å²) in [5.41, 5.74) is 12.3. The molecule has 2 aromatic carbocycles. The molecule has 2 nitrogen and oxygen atoms in total. The van der Waals surface area contributed by atoms with Crippen molar-refractivity contribution in [3.05, 3.63) is 69.7 Å². The van der Waals surface area contributed by atoms with Gasteiger partial charge in [0.1, 0.15) is 0 Å². The topological polar surface area (TPSA) is 38.0 Å². The molecule has 0 saturated carbocycles. The maximum absolute atomic E-state index is 6.55. The lowest BCUT2D eigenvalue weighted by molar-refractivity contribution is 0.467. The third-order valence-electron chi connectivity index (χ3n) is 5.39. The third-order valence-corrected chi connectivity index (χ3v) is 6.67. The third kappa shape index (κ3) is 5.99. The Kier molecular flexibility index (Phi) is 8.07. The summed E-state index contributed by atoms with van der Waals surface area (Å²) < 4.78 is 3.46. The lowest BCUT2D eigenvalue weighted by Crippen LogP contribution is -2.34. The van der Waals surface area contributed by atoms with Crippen LogP contribution in [0.15, 0.2) is 42.5 Å². The van der Waals surface area contributed by atoms with Crippen molar-refractivity contribution in [1.82, 2.24) is 4.72 Å². The molecule has 0 amide bonds. The van der Waals surface area contributed by atoms with Crippen molar-refractivity contribution in [2.75, 3.05) is 12.3 Å². The quantitative estimate of drug-likeness (QED) is 0.428. The molecule has 0 spiro atoms. The molecule has 1 aliphatic carbocycles. The molecule has 0 saturated heterocycles. The molecule has 2 unspecified atom stereocenters. The van der Waals surface area contributed by atoms with Gasteiger partial charge in [0.05, 0.1) is 0 Å². The fraction of sp³-hybridized carbons (Fsp3) is 0.478. The second-order valence-electron chi connectivity index (χ2n) is 7.52. The van der Waals surface area contributed by atoms with Crippen molar-refractivity contribution in [2.24, 2.45) is 5.73 Å². The molecule has 27 heavy (non-hydrogen) atoms. The second kappa shape index (κ2) is 10.5. The highest BCUT2D eigenvalue weighted by atomic mass is 35.5. The van der Waals surface area contributed by atoms with Crippen molar-refractivity contribution in [3.8, 4) is 0 Å². The molecule has 0 aliphatic heterocycles. The summed E-state index contributed by atoms with van der Waals surface area (Å²) in [6, 6.07) is 15.5. The second-order valence-corrected chi connectivity index (χ2v) is 8.94. The van der Waals surface area contributed by atoms with Crippen LogP contribution in [0.5, 0.6) is 0 Å². The number of nitrogens with two attached hydrogens (primary N) is 1. The average Bonchev–Trinajstić information content (AvgIpc) is 2.68. The van der Waals surface area contributed by atoms with E-state index < -0.39 is 0 Å². The molecule has 1 aliphatic rings. The first-order valence-corrected chi connectivity index (χ1v) is 11.5. The zero-order valence-electron chi connectivity index (χ0n) is 16.2. The van der Waals surface area contributed by atoms with Crippen LogP contribution in [0, 0.1) is 0 Å². The Labute approximate surface area is 173 Å². The van der Waals surface area contributed by atoms with Crippen LogP contribution in [0.25, 0.3) is 0 Å². The van der Waals surface area contributed by atoms with E-state index in [0.717, 1.165) is 37.3 Å².